The fourth-order valence-electron chi connectivity index (χ4n) is 2.34. The molecule has 0 heterocycles. The molecule has 108 valence electrons. The summed E-state index contributed by atoms with van der Waals surface area (Å²) in [5.74, 6) is -0.0796. The van der Waals surface area contributed by atoms with Crippen LogP contribution < -0.4 is 5.32 Å². The summed E-state index contributed by atoms with van der Waals surface area (Å²) in [6.07, 6.45) is 2.22. The number of aliphatic carboxylic acids is 1. The van der Waals surface area contributed by atoms with Crippen molar-refractivity contribution in [1.29, 1.82) is 0 Å². The van der Waals surface area contributed by atoms with E-state index in [4.69, 9.17) is 0 Å². The molecule has 0 aromatic heterocycles. The summed E-state index contributed by atoms with van der Waals surface area (Å²) >= 11 is 0. The van der Waals surface area contributed by atoms with Crippen molar-refractivity contribution in [2.75, 3.05) is 26.7 Å². The van der Waals surface area contributed by atoms with Crippen molar-refractivity contribution in [1.82, 2.24) is 10.2 Å². The Morgan fingerprint density at radius 2 is 2.00 bits per heavy atom. The van der Waals surface area contributed by atoms with Crippen LogP contribution in [0.3, 0.4) is 0 Å². The monoisotopic (exact) mass is 258 g/mol. The number of nitrogens with one attached hydrogen (secondary N) is 1. The summed E-state index contributed by atoms with van der Waals surface area (Å²) in [4.78, 5) is 13.7. The van der Waals surface area contributed by atoms with E-state index >= 15 is 0 Å². The van der Waals surface area contributed by atoms with E-state index in [1.807, 2.05) is 6.92 Å². The van der Waals surface area contributed by atoms with E-state index in [1.165, 1.54) is 0 Å². The van der Waals surface area contributed by atoms with Gasteiger partial charge in [-0.3, -0.25) is 4.79 Å². The molecule has 18 heavy (non-hydrogen) atoms. The van der Waals surface area contributed by atoms with Crippen LogP contribution in [0.5, 0.6) is 0 Å². The quantitative estimate of drug-likeness (QED) is 0.631. The molecule has 0 aliphatic heterocycles. The predicted molar refractivity (Wildman–Crippen MR) is 75.9 cm³/mol. The highest BCUT2D eigenvalue weighted by atomic mass is 16.4. The van der Waals surface area contributed by atoms with Crippen LogP contribution in [0.2, 0.25) is 0 Å². The highest BCUT2D eigenvalue weighted by molar-refractivity contribution is 5.78. The summed E-state index contributed by atoms with van der Waals surface area (Å²) in [6, 6.07) is 0. The Kier molecular flexibility index (Phi) is 8.20. The average molecular weight is 258 g/mol. The van der Waals surface area contributed by atoms with Gasteiger partial charge in [0, 0.05) is 6.54 Å². The predicted octanol–water partition coefficient (Wildman–Crippen LogP) is 2.20. The number of rotatable bonds is 10. The minimum absolute atomic E-state index is 0.620. The molecule has 0 saturated carbocycles. The Morgan fingerprint density at radius 3 is 2.33 bits per heavy atom. The van der Waals surface area contributed by atoms with Crippen molar-refractivity contribution in [2.45, 2.75) is 52.5 Å². The van der Waals surface area contributed by atoms with Crippen LogP contribution in [0.15, 0.2) is 0 Å². The molecule has 0 aromatic rings. The maximum atomic E-state index is 11.3. The molecule has 0 rings (SSSR count). The average Bonchev–Trinajstić information content (AvgIpc) is 2.32. The standard InChI is InChI=1S/C14H30N2O2/c1-6-14(15-5,13(17)18)9-8-10-16(7-2)11-12(3)4/h12,15H,6-11H2,1-5H3,(H,17,18). The van der Waals surface area contributed by atoms with Crippen molar-refractivity contribution in [2.24, 2.45) is 5.92 Å². The Labute approximate surface area is 112 Å². The van der Waals surface area contributed by atoms with Crippen LogP contribution in [0.4, 0.5) is 0 Å². The number of carbonyl (C=O) groups is 1. The van der Waals surface area contributed by atoms with Gasteiger partial charge < -0.3 is 15.3 Å². The highest BCUT2D eigenvalue weighted by Gasteiger charge is 2.34. The molecule has 0 aromatic carbocycles. The number of carboxylic acid groups (broad SMARTS) is 1. The summed E-state index contributed by atoms with van der Waals surface area (Å²) < 4.78 is 0. The summed E-state index contributed by atoms with van der Waals surface area (Å²) in [5, 5.41) is 12.3. The van der Waals surface area contributed by atoms with E-state index in [9.17, 15) is 9.90 Å². The van der Waals surface area contributed by atoms with E-state index in [2.05, 4.69) is 31.0 Å². The summed E-state index contributed by atoms with van der Waals surface area (Å²) in [7, 11) is 1.74. The maximum absolute atomic E-state index is 11.3. The molecule has 1 atom stereocenters. The third-order valence-electron chi connectivity index (χ3n) is 3.64. The molecule has 0 aliphatic carbocycles. The Balaban J connectivity index is 4.24. The van der Waals surface area contributed by atoms with Gasteiger partial charge in [-0.25, -0.2) is 0 Å². The van der Waals surface area contributed by atoms with Crippen molar-refractivity contribution < 1.29 is 9.90 Å². The second-order valence-electron chi connectivity index (χ2n) is 5.38. The lowest BCUT2D eigenvalue weighted by molar-refractivity contribution is -0.145. The minimum atomic E-state index is -0.753. The van der Waals surface area contributed by atoms with Crippen LogP contribution in [-0.2, 0) is 4.79 Å². The molecular formula is C14H30N2O2. The smallest absolute Gasteiger partial charge is 0.323 e. The number of carboxylic acids is 1. The lowest BCUT2D eigenvalue weighted by Crippen LogP contribution is -2.50. The van der Waals surface area contributed by atoms with Crippen LogP contribution in [0, 0.1) is 5.92 Å². The van der Waals surface area contributed by atoms with Crippen LogP contribution >= 0.6 is 0 Å². The molecule has 4 nitrogen and oxygen atoms in total. The van der Waals surface area contributed by atoms with E-state index in [0.717, 1.165) is 26.1 Å². The topological polar surface area (TPSA) is 52.6 Å². The third-order valence-corrected chi connectivity index (χ3v) is 3.64. The van der Waals surface area contributed by atoms with Gasteiger partial charge in [-0.1, -0.05) is 27.7 Å². The van der Waals surface area contributed by atoms with Gasteiger partial charge in [0.25, 0.3) is 0 Å². The summed E-state index contributed by atoms with van der Waals surface area (Å²) in [5.41, 5.74) is -0.753. The van der Waals surface area contributed by atoms with Crippen LogP contribution in [0.1, 0.15) is 47.0 Å². The Hall–Kier alpha value is -0.610. The maximum Gasteiger partial charge on any atom is 0.323 e. The molecule has 0 spiro atoms. The fourth-order valence-corrected chi connectivity index (χ4v) is 2.34. The van der Waals surface area contributed by atoms with Crippen molar-refractivity contribution >= 4 is 5.97 Å². The van der Waals surface area contributed by atoms with Gasteiger partial charge in [-0.2, -0.15) is 0 Å². The number of nitrogens with zero attached hydrogens (tertiary/aromatic N) is 1. The SMILES string of the molecule is CCN(CCCC(CC)(NC)C(=O)O)CC(C)C. The normalized spacial score (nSPS) is 15.1. The van der Waals surface area contributed by atoms with Gasteiger partial charge in [0.15, 0.2) is 0 Å². The fraction of sp³-hybridized carbons (Fsp3) is 0.929. The number of hydrogen-bond acceptors (Lipinski definition) is 3. The molecular weight excluding hydrogens is 228 g/mol. The largest absolute Gasteiger partial charge is 0.480 e. The second kappa shape index (κ2) is 8.48. The molecule has 0 amide bonds. The zero-order valence-electron chi connectivity index (χ0n) is 12.6. The van der Waals surface area contributed by atoms with E-state index < -0.39 is 11.5 Å². The van der Waals surface area contributed by atoms with Crippen molar-refractivity contribution in [3.05, 3.63) is 0 Å². The van der Waals surface area contributed by atoms with E-state index in [1.54, 1.807) is 7.05 Å². The first-order valence-electron chi connectivity index (χ1n) is 7.06. The van der Waals surface area contributed by atoms with Gasteiger partial charge in [0.05, 0.1) is 0 Å². The second-order valence-corrected chi connectivity index (χ2v) is 5.38. The first kappa shape index (κ1) is 17.4. The Morgan fingerprint density at radius 1 is 1.39 bits per heavy atom. The molecule has 0 aliphatic rings. The highest BCUT2D eigenvalue weighted by Crippen LogP contribution is 2.18. The molecule has 0 radical (unpaired) electrons. The van der Waals surface area contributed by atoms with Gasteiger partial charge >= 0.3 is 5.97 Å². The molecule has 0 saturated heterocycles. The number of likely N-dealkylation sites (N-methyl/N-ethyl adjacent to an activating group) is 1. The zero-order chi connectivity index (χ0) is 14.2. The molecule has 1 unspecified atom stereocenters. The van der Waals surface area contributed by atoms with Gasteiger partial charge in [-0.15, -0.1) is 0 Å². The van der Waals surface area contributed by atoms with E-state index in [0.29, 0.717) is 18.8 Å². The van der Waals surface area contributed by atoms with Gasteiger partial charge in [0.1, 0.15) is 5.54 Å². The zero-order valence-corrected chi connectivity index (χ0v) is 12.6. The van der Waals surface area contributed by atoms with Crippen LogP contribution in [0.25, 0.3) is 0 Å². The number of hydrogen-bond donors (Lipinski definition) is 2. The first-order valence-corrected chi connectivity index (χ1v) is 7.06. The van der Waals surface area contributed by atoms with Gasteiger partial charge in [0.2, 0.25) is 0 Å². The lowest BCUT2D eigenvalue weighted by atomic mass is 9.90. The molecule has 4 heteroatoms. The summed E-state index contributed by atoms with van der Waals surface area (Å²) in [6.45, 7) is 11.6. The minimum Gasteiger partial charge on any atom is -0.480 e. The molecule has 0 fully saturated rings. The van der Waals surface area contributed by atoms with Gasteiger partial charge in [-0.05, 0) is 45.3 Å². The Bertz CT molecular complexity index is 238. The van der Waals surface area contributed by atoms with Crippen molar-refractivity contribution in [3.63, 3.8) is 0 Å². The van der Waals surface area contributed by atoms with Crippen LogP contribution in [-0.4, -0.2) is 48.2 Å². The van der Waals surface area contributed by atoms with Crippen molar-refractivity contribution in [3.8, 4) is 0 Å². The molecule has 0 bridgehead atoms. The molecule has 2 N–H and O–H groups in total. The third kappa shape index (κ3) is 5.36. The van der Waals surface area contributed by atoms with E-state index in [-0.39, 0.29) is 0 Å². The lowest BCUT2D eigenvalue weighted by Gasteiger charge is -2.29. The first-order chi connectivity index (χ1) is 8.41.